The normalized spacial score (nSPS) is 14.7. The Morgan fingerprint density at radius 1 is 1.39 bits per heavy atom. The average molecular weight is 261 g/mol. The number of carbonyl (C=O) groups excluding carboxylic acids is 1. The summed E-state index contributed by atoms with van der Waals surface area (Å²) in [6, 6.07) is 9.17. The van der Waals surface area contributed by atoms with Crippen LogP contribution < -0.4 is 5.32 Å². The van der Waals surface area contributed by atoms with E-state index in [0.29, 0.717) is 16.6 Å². The van der Waals surface area contributed by atoms with E-state index in [2.05, 4.69) is 10.3 Å². The highest BCUT2D eigenvalue weighted by Crippen LogP contribution is 2.28. The third kappa shape index (κ3) is 2.31. The van der Waals surface area contributed by atoms with Gasteiger partial charge in [-0.15, -0.1) is 0 Å². The lowest BCUT2D eigenvalue weighted by atomic mass is 10.1. The molecule has 1 N–H and O–H groups in total. The molecule has 4 heteroatoms. The first-order valence-electron chi connectivity index (χ1n) is 6.07. The summed E-state index contributed by atoms with van der Waals surface area (Å²) in [4.78, 5) is 16.4. The average Bonchev–Trinajstić information content (AvgIpc) is 3.19. The van der Waals surface area contributed by atoms with E-state index in [-0.39, 0.29) is 5.91 Å². The molecule has 1 aromatic carbocycles. The van der Waals surface area contributed by atoms with Crippen molar-refractivity contribution in [2.24, 2.45) is 5.92 Å². The van der Waals surface area contributed by atoms with E-state index in [4.69, 9.17) is 11.6 Å². The number of hydrogen-bond donors (Lipinski definition) is 1. The highest BCUT2D eigenvalue weighted by molar-refractivity contribution is 6.30. The number of nitrogens with zero attached hydrogens (tertiary/aromatic N) is 1. The summed E-state index contributed by atoms with van der Waals surface area (Å²) < 4.78 is 0. The van der Waals surface area contributed by atoms with Crippen LogP contribution in [0.25, 0.3) is 10.9 Å². The number of aromatic nitrogens is 1. The quantitative estimate of drug-likeness (QED) is 0.862. The predicted octanol–water partition coefficient (Wildman–Crippen LogP) is 3.03. The Bertz CT molecular complexity index is 608. The van der Waals surface area contributed by atoms with Gasteiger partial charge in [0.2, 0.25) is 0 Å². The number of amides is 1. The standard InChI is InChI=1S/C14H13ClN2O/c15-13-7-11(14(18)16-8-9-5-6-9)10-3-1-2-4-12(10)17-13/h1-4,7,9H,5-6,8H2,(H,16,18). The van der Waals surface area contributed by atoms with Crippen molar-refractivity contribution >= 4 is 28.4 Å². The Labute approximate surface area is 110 Å². The second-order valence-corrected chi connectivity index (χ2v) is 5.05. The minimum absolute atomic E-state index is 0.0672. The van der Waals surface area contributed by atoms with Gasteiger partial charge < -0.3 is 5.32 Å². The van der Waals surface area contributed by atoms with E-state index in [0.717, 1.165) is 17.4 Å². The number of benzene rings is 1. The van der Waals surface area contributed by atoms with E-state index in [1.54, 1.807) is 6.07 Å². The summed E-state index contributed by atoms with van der Waals surface area (Å²) in [5.41, 5.74) is 1.35. The molecule has 1 saturated carbocycles. The number of para-hydroxylation sites is 1. The lowest BCUT2D eigenvalue weighted by Gasteiger charge is -2.07. The van der Waals surface area contributed by atoms with E-state index in [9.17, 15) is 4.79 Å². The molecule has 1 aromatic heterocycles. The van der Waals surface area contributed by atoms with Crippen LogP contribution in [0.1, 0.15) is 23.2 Å². The van der Waals surface area contributed by atoms with Crippen molar-refractivity contribution in [3.8, 4) is 0 Å². The first-order valence-corrected chi connectivity index (χ1v) is 6.45. The largest absolute Gasteiger partial charge is 0.352 e. The monoisotopic (exact) mass is 260 g/mol. The third-order valence-corrected chi connectivity index (χ3v) is 3.37. The van der Waals surface area contributed by atoms with Crippen LogP contribution in [0.3, 0.4) is 0 Å². The molecule has 0 radical (unpaired) electrons. The van der Waals surface area contributed by atoms with Gasteiger partial charge in [-0.1, -0.05) is 29.8 Å². The summed E-state index contributed by atoms with van der Waals surface area (Å²) in [6.07, 6.45) is 2.44. The van der Waals surface area contributed by atoms with E-state index in [1.807, 2.05) is 24.3 Å². The molecule has 2 aromatic rings. The molecular weight excluding hydrogens is 248 g/mol. The van der Waals surface area contributed by atoms with E-state index in [1.165, 1.54) is 12.8 Å². The molecule has 3 nitrogen and oxygen atoms in total. The SMILES string of the molecule is O=C(NCC1CC1)c1cc(Cl)nc2ccccc12. The van der Waals surface area contributed by atoms with Gasteiger partial charge in [-0.2, -0.15) is 0 Å². The molecule has 0 spiro atoms. The number of rotatable bonds is 3. The summed E-state index contributed by atoms with van der Waals surface area (Å²) in [7, 11) is 0. The third-order valence-electron chi connectivity index (χ3n) is 3.18. The molecule has 0 saturated heterocycles. The van der Waals surface area contributed by atoms with Crippen molar-refractivity contribution in [1.29, 1.82) is 0 Å². The second-order valence-electron chi connectivity index (χ2n) is 4.66. The van der Waals surface area contributed by atoms with Gasteiger partial charge in [-0.05, 0) is 30.9 Å². The van der Waals surface area contributed by atoms with Crippen LogP contribution in [-0.4, -0.2) is 17.4 Å². The van der Waals surface area contributed by atoms with E-state index < -0.39 is 0 Å². The van der Waals surface area contributed by atoms with Gasteiger partial charge in [-0.3, -0.25) is 4.79 Å². The molecule has 0 atom stereocenters. The maximum absolute atomic E-state index is 12.1. The molecule has 0 bridgehead atoms. The maximum Gasteiger partial charge on any atom is 0.252 e. The van der Waals surface area contributed by atoms with Crippen molar-refractivity contribution in [3.05, 3.63) is 41.0 Å². The number of hydrogen-bond acceptors (Lipinski definition) is 2. The topological polar surface area (TPSA) is 42.0 Å². The fraction of sp³-hybridized carbons (Fsp3) is 0.286. The van der Waals surface area contributed by atoms with Crippen LogP contribution in [0.4, 0.5) is 0 Å². The van der Waals surface area contributed by atoms with Gasteiger partial charge in [0.1, 0.15) is 5.15 Å². The minimum Gasteiger partial charge on any atom is -0.352 e. The fourth-order valence-electron chi connectivity index (χ4n) is 1.99. The van der Waals surface area contributed by atoms with Gasteiger partial charge in [0, 0.05) is 11.9 Å². The Kier molecular flexibility index (Phi) is 2.92. The zero-order valence-corrected chi connectivity index (χ0v) is 10.6. The lowest BCUT2D eigenvalue weighted by Crippen LogP contribution is -2.25. The van der Waals surface area contributed by atoms with Crippen molar-refractivity contribution in [2.45, 2.75) is 12.8 Å². The van der Waals surface area contributed by atoms with Crippen LogP contribution in [0.5, 0.6) is 0 Å². The molecular formula is C14H13ClN2O. The molecule has 18 heavy (non-hydrogen) atoms. The predicted molar refractivity (Wildman–Crippen MR) is 71.8 cm³/mol. The summed E-state index contributed by atoms with van der Waals surface area (Å²) in [6.45, 7) is 0.757. The Morgan fingerprint density at radius 2 is 2.17 bits per heavy atom. The van der Waals surface area contributed by atoms with Crippen molar-refractivity contribution in [2.75, 3.05) is 6.54 Å². The van der Waals surface area contributed by atoms with E-state index >= 15 is 0 Å². The molecule has 3 rings (SSSR count). The number of carbonyl (C=O) groups is 1. The van der Waals surface area contributed by atoms with Gasteiger partial charge >= 0.3 is 0 Å². The zero-order valence-electron chi connectivity index (χ0n) is 9.82. The highest BCUT2D eigenvalue weighted by Gasteiger charge is 2.22. The van der Waals surface area contributed by atoms with Crippen molar-refractivity contribution in [1.82, 2.24) is 10.3 Å². The zero-order chi connectivity index (χ0) is 12.5. The van der Waals surface area contributed by atoms with Gasteiger partial charge in [-0.25, -0.2) is 4.98 Å². The smallest absolute Gasteiger partial charge is 0.252 e. The maximum atomic E-state index is 12.1. The Hall–Kier alpha value is -1.61. The molecule has 0 aliphatic heterocycles. The summed E-state index contributed by atoms with van der Waals surface area (Å²) >= 11 is 5.95. The molecule has 1 aliphatic rings. The first kappa shape index (κ1) is 11.5. The van der Waals surface area contributed by atoms with Gasteiger partial charge in [0.15, 0.2) is 0 Å². The highest BCUT2D eigenvalue weighted by atomic mass is 35.5. The fourth-order valence-corrected chi connectivity index (χ4v) is 2.19. The van der Waals surface area contributed by atoms with Crippen LogP contribution in [0.15, 0.2) is 30.3 Å². The molecule has 1 aliphatic carbocycles. The summed E-state index contributed by atoms with van der Waals surface area (Å²) in [5.74, 6) is 0.597. The molecule has 1 heterocycles. The minimum atomic E-state index is -0.0672. The number of pyridine rings is 1. The van der Waals surface area contributed by atoms with Crippen molar-refractivity contribution in [3.63, 3.8) is 0 Å². The van der Waals surface area contributed by atoms with Crippen LogP contribution in [0, 0.1) is 5.92 Å². The molecule has 92 valence electrons. The Morgan fingerprint density at radius 3 is 2.94 bits per heavy atom. The van der Waals surface area contributed by atoms with Gasteiger partial charge in [0.05, 0.1) is 11.1 Å². The molecule has 1 fully saturated rings. The summed E-state index contributed by atoms with van der Waals surface area (Å²) in [5, 5.41) is 4.15. The molecule has 0 unspecified atom stereocenters. The van der Waals surface area contributed by atoms with Crippen LogP contribution in [-0.2, 0) is 0 Å². The molecule has 1 amide bonds. The number of nitrogens with one attached hydrogen (secondary N) is 1. The first-order chi connectivity index (χ1) is 8.74. The Balaban J connectivity index is 1.95. The number of halogens is 1. The lowest BCUT2D eigenvalue weighted by molar-refractivity contribution is 0.0953. The van der Waals surface area contributed by atoms with Crippen LogP contribution in [0.2, 0.25) is 5.15 Å². The second kappa shape index (κ2) is 4.58. The van der Waals surface area contributed by atoms with Crippen molar-refractivity contribution < 1.29 is 4.79 Å². The van der Waals surface area contributed by atoms with Gasteiger partial charge in [0.25, 0.3) is 5.91 Å². The van der Waals surface area contributed by atoms with Crippen LogP contribution >= 0.6 is 11.6 Å². The number of fused-ring (bicyclic) bond motifs is 1.